The van der Waals surface area contributed by atoms with E-state index in [9.17, 15) is 4.79 Å². The molecule has 0 aliphatic carbocycles. The van der Waals surface area contributed by atoms with Crippen molar-refractivity contribution in [1.82, 2.24) is 0 Å². The third kappa shape index (κ3) is 4.48. The Kier molecular flexibility index (Phi) is 6.04. The molecule has 26 heavy (non-hydrogen) atoms. The largest absolute Gasteiger partial charge is 0.420 e. The number of carbonyl (C=O) groups excluding carboxylic acids is 1. The highest BCUT2D eigenvalue weighted by molar-refractivity contribution is 14.1. The summed E-state index contributed by atoms with van der Waals surface area (Å²) in [5.41, 5.74) is 0. The van der Waals surface area contributed by atoms with Gasteiger partial charge in [-0.3, -0.25) is 4.79 Å². The van der Waals surface area contributed by atoms with Crippen LogP contribution in [0.4, 0.5) is 0 Å². The molecule has 0 spiro atoms. The molecular formula is C22H20IO2S+. The summed E-state index contributed by atoms with van der Waals surface area (Å²) < 4.78 is 5.21. The topological polar surface area (TPSA) is 26.3 Å². The van der Waals surface area contributed by atoms with Crippen LogP contribution >= 0.6 is 22.6 Å². The number of benzene rings is 3. The molecule has 3 rings (SSSR count). The van der Waals surface area contributed by atoms with Gasteiger partial charge in [-0.05, 0) is 50.2 Å². The maximum atomic E-state index is 12.5. The summed E-state index contributed by atoms with van der Waals surface area (Å²) >= 11 is 2.11. The Bertz CT molecular complexity index is 834. The highest BCUT2D eigenvalue weighted by Crippen LogP contribution is 2.37. The van der Waals surface area contributed by atoms with Crippen molar-refractivity contribution in [2.75, 3.05) is 0 Å². The lowest BCUT2D eigenvalue weighted by atomic mass is 10.2. The molecule has 0 fully saturated rings. The number of carbonyl (C=O) groups is 1. The smallest absolute Gasteiger partial charge is 0.327 e. The quantitative estimate of drug-likeness (QED) is 0.151. The van der Waals surface area contributed by atoms with Crippen LogP contribution in [0.2, 0.25) is 0 Å². The van der Waals surface area contributed by atoms with Gasteiger partial charge in [-0.1, -0.05) is 71.1 Å². The van der Waals surface area contributed by atoms with E-state index in [1.165, 1.54) is 9.79 Å². The monoisotopic (exact) mass is 475 g/mol. The average molecular weight is 475 g/mol. The van der Waals surface area contributed by atoms with Crippen LogP contribution in [0.25, 0.3) is 0 Å². The zero-order chi connectivity index (χ0) is 18.6. The van der Waals surface area contributed by atoms with Crippen LogP contribution < -0.4 is 4.74 Å². The second-order valence-corrected chi connectivity index (χ2v) is 10.9. The van der Waals surface area contributed by atoms with Gasteiger partial charge < -0.3 is 4.74 Å². The highest BCUT2D eigenvalue weighted by Gasteiger charge is 2.34. The fourth-order valence-corrected chi connectivity index (χ4v) is 4.70. The predicted octanol–water partition coefficient (Wildman–Crippen LogP) is 5.90. The summed E-state index contributed by atoms with van der Waals surface area (Å²) in [6.45, 7) is 3.71. The molecule has 132 valence electrons. The fraction of sp³-hybridized carbons (Fsp3) is 0.136. The van der Waals surface area contributed by atoms with Gasteiger partial charge >= 0.3 is 5.97 Å². The Labute approximate surface area is 171 Å². The number of esters is 1. The highest BCUT2D eigenvalue weighted by atomic mass is 127. The van der Waals surface area contributed by atoms with E-state index in [1.54, 1.807) is 0 Å². The molecule has 0 aliphatic heterocycles. The Morgan fingerprint density at radius 2 is 1.27 bits per heavy atom. The lowest BCUT2D eigenvalue weighted by Gasteiger charge is -2.16. The van der Waals surface area contributed by atoms with Crippen LogP contribution in [-0.4, -0.2) is 9.39 Å². The summed E-state index contributed by atoms with van der Waals surface area (Å²) in [5, 5.41) is 0. The SMILES string of the molecule is CC(C)(I)C(=O)Oc1ccccc1[S+](c1ccccc1)c1ccccc1. The standard InChI is InChI=1S/C22H20IO2S/c1-22(2,23)21(24)25-19-15-9-10-16-20(19)26(17-11-5-3-6-12-17)18-13-7-4-8-14-18/h3-16H,1-2H3/q+1. The van der Waals surface area contributed by atoms with Crippen LogP contribution in [0.15, 0.2) is 99.6 Å². The summed E-state index contributed by atoms with van der Waals surface area (Å²) in [4.78, 5) is 15.8. The number of hydrogen-bond acceptors (Lipinski definition) is 2. The molecule has 3 aromatic rings. The van der Waals surface area contributed by atoms with Crippen molar-refractivity contribution in [3.8, 4) is 5.75 Å². The average Bonchev–Trinajstić information content (AvgIpc) is 2.64. The van der Waals surface area contributed by atoms with Gasteiger partial charge in [-0.15, -0.1) is 0 Å². The van der Waals surface area contributed by atoms with E-state index in [4.69, 9.17) is 4.74 Å². The number of para-hydroxylation sites is 1. The Morgan fingerprint density at radius 1 is 0.808 bits per heavy atom. The third-order valence-corrected chi connectivity index (χ3v) is 6.42. The number of rotatable bonds is 5. The van der Waals surface area contributed by atoms with Crippen molar-refractivity contribution in [2.45, 2.75) is 32.0 Å². The van der Waals surface area contributed by atoms with Crippen LogP contribution in [0, 0.1) is 0 Å². The second kappa shape index (κ2) is 8.27. The van der Waals surface area contributed by atoms with Gasteiger partial charge in [0.25, 0.3) is 0 Å². The molecule has 0 unspecified atom stereocenters. The first kappa shape index (κ1) is 19.0. The Balaban J connectivity index is 2.10. The van der Waals surface area contributed by atoms with Gasteiger partial charge in [0.05, 0.1) is 0 Å². The minimum absolute atomic E-state index is 0.241. The van der Waals surface area contributed by atoms with E-state index in [0.717, 1.165) is 4.90 Å². The van der Waals surface area contributed by atoms with E-state index in [-0.39, 0.29) is 16.9 Å². The first-order chi connectivity index (χ1) is 12.5. The zero-order valence-corrected chi connectivity index (χ0v) is 17.7. The molecule has 0 heterocycles. The minimum atomic E-state index is -0.580. The lowest BCUT2D eigenvalue weighted by molar-refractivity contribution is -0.135. The van der Waals surface area contributed by atoms with Crippen molar-refractivity contribution in [3.63, 3.8) is 0 Å². The van der Waals surface area contributed by atoms with Gasteiger partial charge in [-0.2, -0.15) is 0 Å². The van der Waals surface area contributed by atoms with E-state index >= 15 is 0 Å². The molecular weight excluding hydrogens is 455 g/mol. The fourth-order valence-electron chi connectivity index (χ4n) is 2.43. The maximum Gasteiger partial charge on any atom is 0.327 e. The molecule has 0 radical (unpaired) electrons. The van der Waals surface area contributed by atoms with Gasteiger partial charge in [0.2, 0.25) is 4.90 Å². The lowest BCUT2D eigenvalue weighted by Crippen LogP contribution is -2.29. The Hall–Kier alpha value is -1.79. The van der Waals surface area contributed by atoms with Crippen molar-refractivity contribution in [3.05, 3.63) is 84.9 Å². The van der Waals surface area contributed by atoms with Crippen molar-refractivity contribution >= 4 is 39.5 Å². The summed E-state index contributed by atoms with van der Waals surface area (Å²) in [7, 11) is -0.349. The Morgan fingerprint density at radius 3 is 1.77 bits per heavy atom. The van der Waals surface area contributed by atoms with Gasteiger partial charge in [0, 0.05) is 0 Å². The van der Waals surface area contributed by atoms with Crippen LogP contribution in [0.3, 0.4) is 0 Å². The van der Waals surface area contributed by atoms with E-state index in [1.807, 2.05) is 74.5 Å². The van der Waals surface area contributed by atoms with Crippen molar-refractivity contribution < 1.29 is 9.53 Å². The second-order valence-electron chi connectivity index (χ2n) is 6.24. The number of hydrogen-bond donors (Lipinski definition) is 0. The van der Waals surface area contributed by atoms with E-state index < -0.39 is 3.42 Å². The zero-order valence-electron chi connectivity index (χ0n) is 14.7. The number of alkyl halides is 1. The first-order valence-corrected chi connectivity index (χ1v) is 10.6. The molecule has 0 aromatic heterocycles. The predicted molar refractivity (Wildman–Crippen MR) is 115 cm³/mol. The normalized spacial score (nSPS) is 11.4. The molecule has 0 bridgehead atoms. The molecule has 0 N–H and O–H groups in total. The number of halogens is 1. The summed E-state index contributed by atoms with van der Waals surface area (Å²) in [6, 6.07) is 28.5. The van der Waals surface area contributed by atoms with Crippen LogP contribution in [-0.2, 0) is 15.7 Å². The molecule has 2 nitrogen and oxygen atoms in total. The number of ether oxygens (including phenoxy) is 1. The van der Waals surface area contributed by atoms with Gasteiger partial charge in [0.1, 0.15) is 14.3 Å². The van der Waals surface area contributed by atoms with Crippen LogP contribution in [0.1, 0.15) is 13.8 Å². The van der Waals surface area contributed by atoms with Crippen molar-refractivity contribution in [2.24, 2.45) is 0 Å². The molecule has 0 saturated carbocycles. The summed E-state index contributed by atoms with van der Waals surface area (Å²) in [6.07, 6.45) is 0. The molecule has 0 amide bonds. The minimum Gasteiger partial charge on any atom is -0.420 e. The summed E-state index contributed by atoms with van der Waals surface area (Å²) in [5.74, 6) is 0.383. The molecule has 0 atom stereocenters. The van der Waals surface area contributed by atoms with Crippen molar-refractivity contribution in [1.29, 1.82) is 0 Å². The third-order valence-electron chi connectivity index (χ3n) is 3.71. The van der Waals surface area contributed by atoms with E-state index in [0.29, 0.717) is 5.75 Å². The first-order valence-electron chi connectivity index (χ1n) is 8.31. The van der Waals surface area contributed by atoms with Crippen LogP contribution in [0.5, 0.6) is 5.75 Å². The molecule has 4 heteroatoms. The molecule has 3 aromatic carbocycles. The molecule has 0 saturated heterocycles. The van der Waals surface area contributed by atoms with Gasteiger partial charge in [0.15, 0.2) is 15.5 Å². The molecule has 0 aliphatic rings. The maximum absolute atomic E-state index is 12.5. The van der Waals surface area contributed by atoms with Gasteiger partial charge in [-0.25, -0.2) is 0 Å². The van der Waals surface area contributed by atoms with E-state index in [2.05, 4.69) is 46.9 Å².